The first-order valence-electron chi connectivity index (χ1n) is 6.23. The molecular formula is C13H20N2OS. The molecular weight excluding hydrogens is 232 g/mol. The van der Waals surface area contributed by atoms with Gasteiger partial charge in [-0.05, 0) is 43.3 Å². The molecule has 1 heterocycles. The van der Waals surface area contributed by atoms with E-state index in [9.17, 15) is 4.79 Å². The number of hydrogen-bond acceptors (Lipinski definition) is 3. The molecule has 1 aromatic heterocycles. The van der Waals surface area contributed by atoms with E-state index in [1.165, 1.54) is 23.3 Å². The smallest absolute Gasteiger partial charge is 0.224 e. The van der Waals surface area contributed by atoms with Crippen LogP contribution in [0, 0.1) is 5.92 Å². The van der Waals surface area contributed by atoms with Gasteiger partial charge in [0, 0.05) is 17.3 Å². The van der Waals surface area contributed by atoms with Crippen LogP contribution in [0.1, 0.15) is 36.2 Å². The van der Waals surface area contributed by atoms with Crippen LogP contribution in [-0.2, 0) is 11.2 Å². The van der Waals surface area contributed by atoms with E-state index in [2.05, 4.69) is 22.1 Å². The van der Waals surface area contributed by atoms with E-state index < -0.39 is 0 Å². The average molecular weight is 252 g/mol. The van der Waals surface area contributed by atoms with Crippen LogP contribution in [0.25, 0.3) is 0 Å². The first kappa shape index (κ1) is 12.6. The van der Waals surface area contributed by atoms with Gasteiger partial charge in [-0.1, -0.05) is 6.92 Å². The highest BCUT2D eigenvalue weighted by Gasteiger charge is 2.24. The van der Waals surface area contributed by atoms with Crippen molar-refractivity contribution in [1.29, 1.82) is 0 Å². The number of carbonyl (C=O) groups is 1. The summed E-state index contributed by atoms with van der Waals surface area (Å²) < 4.78 is 0. The molecule has 2 atom stereocenters. The Kier molecular flexibility index (Phi) is 4.18. The molecule has 0 saturated heterocycles. The molecule has 0 fully saturated rings. The van der Waals surface area contributed by atoms with Crippen LogP contribution < -0.4 is 10.6 Å². The van der Waals surface area contributed by atoms with Crippen LogP contribution in [-0.4, -0.2) is 19.5 Å². The molecule has 2 unspecified atom stereocenters. The van der Waals surface area contributed by atoms with Crippen LogP contribution in [0.5, 0.6) is 0 Å². The molecule has 3 nitrogen and oxygen atoms in total. The average Bonchev–Trinajstić information content (AvgIpc) is 2.78. The van der Waals surface area contributed by atoms with E-state index in [0.29, 0.717) is 0 Å². The van der Waals surface area contributed by atoms with Crippen LogP contribution in [0.3, 0.4) is 0 Å². The summed E-state index contributed by atoms with van der Waals surface area (Å²) in [6.07, 6.45) is 3.42. The van der Waals surface area contributed by atoms with Crippen LogP contribution >= 0.6 is 11.3 Å². The quantitative estimate of drug-likeness (QED) is 0.861. The molecule has 1 aromatic rings. The van der Waals surface area contributed by atoms with Gasteiger partial charge in [0.05, 0.1) is 6.04 Å². The second-order valence-corrected chi connectivity index (χ2v) is 5.71. The van der Waals surface area contributed by atoms with Crippen molar-refractivity contribution in [3.8, 4) is 0 Å². The normalized spacial score (nSPS) is 20.7. The van der Waals surface area contributed by atoms with Gasteiger partial charge in [-0.3, -0.25) is 4.79 Å². The Labute approximate surface area is 107 Å². The van der Waals surface area contributed by atoms with Gasteiger partial charge in [0.2, 0.25) is 5.91 Å². The van der Waals surface area contributed by atoms with E-state index in [0.717, 1.165) is 13.0 Å². The largest absolute Gasteiger partial charge is 0.349 e. The molecule has 0 spiro atoms. The maximum Gasteiger partial charge on any atom is 0.224 e. The standard InChI is InChI=1S/C13H20N2OS/c1-9(8-14-2)13(16)15-11-4-3-5-12-10(11)6-7-17-12/h6-7,9,11,14H,3-5,8H2,1-2H3,(H,15,16). The number of thiophene rings is 1. The molecule has 2 N–H and O–H groups in total. The van der Waals surface area contributed by atoms with E-state index in [1.807, 2.05) is 25.3 Å². The maximum atomic E-state index is 12.0. The van der Waals surface area contributed by atoms with Crippen molar-refractivity contribution < 1.29 is 4.79 Å². The number of rotatable bonds is 4. The fourth-order valence-corrected chi connectivity index (χ4v) is 3.34. The molecule has 1 aliphatic rings. The molecule has 94 valence electrons. The zero-order valence-electron chi connectivity index (χ0n) is 10.5. The van der Waals surface area contributed by atoms with Gasteiger partial charge >= 0.3 is 0 Å². The van der Waals surface area contributed by atoms with Crippen molar-refractivity contribution in [2.45, 2.75) is 32.2 Å². The van der Waals surface area contributed by atoms with Gasteiger partial charge < -0.3 is 10.6 Å². The van der Waals surface area contributed by atoms with Crippen molar-refractivity contribution in [2.75, 3.05) is 13.6 Å². The molecule has 0 saturated carbocycles. The minimum Gasteiger partial charge on any atom is -0.349 e. The summed E-state index contributed by atoms with van der Waals surface area (Å²) in [5.41, 5.74) is 1.34. The highest BCUT2D eigenvalue weighted by Crippen LogP contribution is 2.33. The highest BCUT2D eigenvalue weighted by atomic mass is 32.1. The van der Waals surface area contributed by atoms with Crippen molar-refractivity contribution in [3.63, 3.8) is 0 Å². The molecule has 0 bridgehead atoms. The topological polar surface area (TPSA) is 41.1 Å². The summed E-state index contributed by atoms with van der Waals surface area (Å²) in [6, 6.07) is 2.39. The summed E-state index contributed by atoms with van der Waals surface area (Å²) in [4.78, 5) is 13.4. The van der Waals surface area contributed by atoms with Gasteiger partial charge in [-0.15, -0.1) is 11.3 Å². The Bertz CT molecular complexity index is 389. The minimum absolute atomic E-state index is 0.0315. The number of fused-ring (bicyclic) bond motifs is 1. The van der Waals surface area contributed by atoms with E-state index in [-0.39, 0.29) is 17.9 Å². The molecule has 17 heavy (non-hydrogen) atoms. The number of hydrogen-bond donors (Lipinski definition) is 2. The zero-order valence-corrected chi connectivity index (χ0v) is 11.3. The Morgan fingerprint density at radius 3 is 3.24 bits per heavy atom. The van der Waals surface area contributed by atoms with Gasteiger partial charge in [0.1, 0.15) is 0 Å². The lowest BCUT2D eigenvalue weighted by Gasteiger charge is -2.25. The van der Waals surface area contributed by atoms with Crippen molar-refractivity contribution in [1.82, 2.24) is 10.6 Å². The predicted octanol–water partition coefficient (Wildman–Crippen LogP) is 2.10. The molecule has 0 radical (unpaired) electrons. The first-order valence-corrected chi connectivity index (χ1v) is 7.11. The molecule has 0 aromatic carbocycles. The SMILES string of the molecule is CNCC(C)C(=O)NC1CCCc2sccc21. The van der Waals surface area contributed by atoms with E-state index in [4.69, 9.17) is 0 Å². The third kappa shape index (κ3) is 2.87. The fourth-order valence-electron chi connectivity index (χ4n) is 2.35. The lowest BCUT2D eigenvalue weighted by Crippen LogP contribution is -2.37. The first-order chi connectivity index (χ1) is 8.22. The maximum absolute atomic E-state index is 12.0. The number of amides is 1. The molecule has 1 aliphatic carbocycles. The third-order valence-corrected chi connectivity index (χ3v) is 4.32. The second kappa shape index (κ2) is 5.65. The van der Waals surface area contributed by atoms with Gasteiger partial charge in [0.25, 0.3) is 0 Å². The lowest BCUT2D eigenvalue weighted by molar-refractivity contribution is -0.125. The molecule has 0 aliphatic heterocycles. The van der Waals surface area contributed by atoms with E-state index in [1.54, 1.807) is 0 Å². The Balaban J connectivity index is 1.99. The van der Waals surface area contributed by atoms with E-state index >= 15 is 0 Å². The Hall–Kier alpha value is -0.870. The van der Waals surface area contributed by atoms with Gasteiger partial charge in [0.15, 0.2) is 0 Å². The zero-order chi connectivity index (χ0) is 12.3. The van der Waals surface area contributed by atoms with Gasteiger partial charge in [-0.2, -0.15) is 0 Å². The van der Waals surface area contributed by atoms with Crippen LogP contribution in [0.4, 0.5) is 0 Å². The van der Waals surface area contributed by atoms with Crippen molar-refractivity contribution in [2.24, 2.45) is 5.92 Å². The molecule has 1 amide bonds. The predicted molar refractivity (Wildman–Crippen MR) is 71.2 cm³/mol. The van der Waals surface area contributed by atoms with Crippen molar-refractivity contribution >= 4 is 17.2 Å². The Morgan fingerprint density at radius 2 is 2.47 bits per heavy atom. The number of aryl methyl sites for hydroxylation is 1. The summed E-state index contributed by atoms with van der Waals surface area (Å²) in [6.45, 7) is 2.69. The summed E-state index contributed by atoms with van der Waals surface area (Å²) >= 11 is 1.81. The molecule has 2 rings (SSSR count). The molecule has 4 heteroatoms. The summed E-state index contributed by atoms with van der Waals surface area (Å²) in [7, 11) is 1.88. The van der Waals surface area contributed by atoms with Crippen LogP contribution in [0.15, 0.2) is 11.4 Å². The highest BCUT2D eigenvalue weighted by molar-refractivity contribution is 7.10. The second-order valence-electron chi connectivity index (χ2n) is 4.71. The number of nitrogens with one attached hydrogen (secondary N) is 2. The van der Waals surface area contributed by atoms with Crippen LogP contribution in [0.2, 0.25) is 0 Å². The lowest BCUT2D eigenvalue weighted by atomic mass is 9.93. The third-order valence-electron chi connectivity index (χ3n) is 3.33. The monoisotopic (exact) mass is 252 g/mol. The minimum atomic E-state index is 0.0315. The summed E-state index contributed by atoms with van der Waals surface area (Å²) in [5, 5.41) is 8.35. The number of carbonyl (C=O) groups excluding carboxylic acids is 1. The van der Waals surface area contributed by atoms with Gasteiger partial charge in [-0.25, -0.2) is 0 Å². The fraction of sp³-hybridized carbons (Fsp3) is 0.615. The summed E-state index contributed by atoms with van der Waals surface area (Å²) in [5.74, 6) is 0.187. The Morgan fingerprint density at radius 1 is 1.65 bits per heavy atom. The van der Waals surface area contributed by atoms with Crippen molar-refractivity contribution in [3.05, 3.63) is 21.9 Å².